The number of nitrogens with zero attached hydrogens (tertiary/aromatic N) is 2. The van der Waals surface area contributed by atoms with Gasteiger partial charge in [0.2, 0.25) is 5.82 Å². The van der Waals surface area contributed by atoms with Gasteiger partial charge in [-0.25, -0.2) is 4.98 Å². The van der Waals surface area contributed by atoms with Gasteiger partial charge in [-0.2, -0.15) is 0 Å². The number of hydrogen-bond acceptors (Lipinski definition) is 6. The summed E-state index contributed by atoms with van der Waals surface area (Å²) in [5, 5.41) is 22.2. The summed E-state index contributed by atoms with van der Waals surface area (Å²) < 4.78 is 0. The van der Waals surface area contributed by atoms with Gasteiger partial charge in [-0.3, -0.25) is 14.9 Å². The topological polar surface area (TPSA) is 131 Å². The summed E-state index contributed by atoms with van der Waals surface area (Å²) in [4.78, 5) is 24.4. The van der Waals surface area contributed by atoms with Crippen molar-refractivity contribution in [1.82, 2.24) is 4.98 Å². The summed E-state index contributed by atoms with van der Waals surface area (Å²) in [6.07, 6.45) is 0.406. The minimum Gasteiger partial charge on any atom is -0.481 e. The molecule has 19 heavy (non-hydrogen) atoms. The maximum atomic E-state index is 10.6. The molecule has 0 atom stereocenters. The molecule has 1 aromatic heterocycles. The molecule has 1 rings (SSSR count). The lowest BCUT2D eigenvalue weighted by atomic mass is 9.98. The number of anilines is 2. The first-order valence-electron chi connectivity index (χ1n) is 5.62. The number of aromatic nitrogens is 1. The average molecular weight is 268 g/mol. The molecule has 1 aromatic rings. The van der Waals surface area contributed by atoms with Crippen LogP contribution in [0.15, 0.2) is 12.1 Å². The van der Waals surface area contributed by atoms with Crippen molar-refractivity contribution in [2.24, 2.45) is 0 Å². The van der Waals surface area contributed by atoms with Crippen LogP contribution < -0.4 is 11.1 Å². The SMILES string of the molecule is CC(C)(CCC(=O)O)Nc1ccc([N+](=O)[O-])c(N)n1. The number of nitrogen functional groups attached to an aromatic ring is 1. The van der Waals surface area contributed by atoms with Crippen molar-refractivity contribution < 1.29 is 14.8 Å². The Morgan fingerprint density at radius 2 is 2.21 bits per heavy atom. The fraction of sp³-hybridized carbons (Fsp3) is 0.455. The third kappa shape index (κ3) is 4.41. The number of nitro groups is 1. The highest BCUT2D eigenvalue weighted by atomic mass is 16.6. The van der Waals surface area contributed by atoms with E-state index >= 15 is 0 Å². The number of carboxylic acids is 1. The van der Waals surface area contributed by atoms with Crippen molar-refractivity contribution in [3.63, 3.8) is 0 Å². The van der Waals surface area contributed by atoms with Crippen LogP contribution in [0.5, 0.6) is 0 Å². The maximum absolute atomic E-state index is 10.6. The minimum absolute atomic E-state index is 0.0163. The number of hydrogen-bond donors (Lipinski definition) is 3. The third-order valence-corrected chi connectivity index (χ3v) is 2.53. The normalized spacial score (nSPS) is 11.1. The number of rotatable bonds is 6. The molecule has 0 spiro atoms. The van der Waals surface area contributed by atoms with Gasteiger partial charge in [-0.05, 0) is 26.3 Å². The van der Waals surface area contributed by atoms with Gasteiger partial charge in [0, 0.05) is 18.0 Å². The van der Waals surface area contributed by atoms with Crippen molar-refractivity contribution in [2.75, 3.05) is 11.1 Å². The van der Waals surface area contributed by atoms with E-state index in [1.807, 2.05) is 13.8 Å². The Labute approximate surface area is 109 Å². The molecule has 0 saturated carbocycles. The first-order valence-corrected chi connectivity index (χ1v) is 5.62. The van der Waals surface area contributed by atoms with E-state index in [2.05, 4.69) is 10.3 Å². The molecule has 1 heterocycles. The summed E-state index contributed by atoms with van der Waals surface area (Å²) in [5.74, 6) is -0.687. The van der Waals surface area contributed by atoms with Crippen molar-refractivity contribution in [2.45, 2.75) is 32.2 Å². The fourth-order valence-corrected chi connectivity index (χ4v) is 1.52. The predicted molar refractivity (Wildman–Crippen MR) is 69.9 cm³/mol. The van der Waals surface area contributed by atoms with E-state index in [-0.39, 0.29) is 17.9 Å². The molecule has 0 amide bonds. The Bertz CT molecular complexity index is 501. The van der Waals surface area contributed by atoms with Crippen molar-refractivity contribution >= 4 is 23.3 Å². The number of carbonyl (C=O) groups is 1. The van der Waals surface area contributed by atoms with Crippen LogP contribution in [0, 0.1) is 10.1 Å². The Kier molecular flexibility index (Phi) is 4.26. The van der Waals surface area contributed by atoms with Crippen molar-refractivity contribution in [3.05, 3.63) is 22.2 Å². The first-order chi connectivity index (χ1) is 8.71. The van der Waals surface area contributed by atoms with E-state index < -0.39 is 16.4 Å². The molecule has 0 aliphatic carbocycles. The summed E-state index contributed by atoms with van der Waals surface area (Å²) >= 11 is 0. The molecule has 0 aromatic carbocycles. The van der Waals surface area contributed by atoms with Gasteiger partial charge in [0.1, 0.15) is 5.82 Å². The lowest BCUT2D eigenvalue weighted by Crippen LogP contribution is -2.32. The number of aliphatic carboxylic acids is 1. The lowest BCUT2D eigenvalue weighted by Gasteiger charge is -2.26. The maximum Gasteiger partial charge on any atom is 0.311 e. The number of carboxylic acid groups (broad SMARTS) is 1. The highest BCUT2D eigenvalue weighted by Gasteiger charge is 2.21. The summed E-state index contributed by atoms with van der Waals surface area (Å²) in [7, 11) is 0. The molecule has 4 N–H and O–H groups in total. The second-order valence-electron chi connectivity index (χ2n) is 4.76. The molecule has 0 aliphatic heterocycles. The molecule has 0 unspecified atom stereocenters. The Morgan fingerprint density at radius 1 is 1.58 bits per heavy atom. The molecule has 0 bridgehead atoms. The molecule has 0 radical (unpaired) electrons. The monoisotopic (exact) mass is 268 g/mol. The number of pyridine rings is 1. The second-order valence-corrected chi connectivity index (χ2v) is 4.76. The van der Waals surface area contributed by atoms with E-state index in [4.69, 9.17) is 10.8 Å². The Morgan fingerprint density at radius 3 is 2.68 bits per heavy atom. The third-order valence-electron chi connectivity index (χ3n) is 2.53. The van der Waals surface area contributed by atoms with Gasteiger partial charge >= 0.3 is 11.7 Å². The Hall–Kier alpha value is -2.38. The Balaban J connectivity index is 2.79. The van der Waals surface area contributed by atoms with Crippen LogP contribution in [0.3, 0.4) is 0 Å². The van der Waals surface area contributed by atoms with Crippen molar-refractivity contribution in [1.29, 1.82) is 0 Å². The minimum atomic E-state index is -0.883. The van der Waals surface area contributed by atoms with Gasteiger partial charge in [-0.15, -0.1) is 0 Å². The van der Waals surface area contributed by atoms with Gasteiger partial charge in [0.05, 0.1) is 4.92 Å². The first kappa shape index (κ1) is 14.7. The van der Waals surface area contributed by atoms with Gasteiger partial charge in [-0.1, -0.05) is 0 Å². The lowest BCUT2D eigenvalue weighted by molar-refractivity contribution is -0.384. The molecule has 0 saturated heterocycles. The molecular formula is C11H16N4O4. The van der Waals surface area contributed by atoms with Crippen LogP contribution in [0.1, 0.15) is 26.7 Å². The highest BCUT2D eigenvalue weighted by molar-refractivity contribution is 5.67. The highest BCUT2D eigenvalue weighted by Crippen LogP contribution is 2.24. The van der Waals surface area contributed by atoms with E-state index in [1.165, 1.54) is 12.1 Å². The largest absolute Gasteiger partial charge is 0.481 e. The van der Waals surface area contributed by atoms with Crippen LogP contribution in [-0.2, 0) is 4.79 Å². The molecule has 8 nitrogen and oxygen atoms in total. The average Bonchev–Trinajstić information content (AvgIpc) is 2.25. The van der Waals surface area contributed by atoms with E-state index in [0.29, 0.717) is 12.2 Å². The van der Waals surface area contributed by atoms with Gasteiger partial charge < -0.3 is 16.2 Å². The van der Waals surface area contributed by atoms with Crippen LogP contribution in [0.25, 0.3) is 0 Å². The fourth-order valence-electron chi connectivity index (χ4n) is 1.52. The van der Waals surface area contributed by atoms with Crippen LogP contribution in [0.4, 0.5) is 17.3 Å². The van der Waals surface area contributed by atoms with E-state index in [0.717, 1.165) is 0 Å². The van der Waals surface area contributed by atoms with Crippen molar-refractivity contribution in [3.8, 4) is 0 Å². The molecular weight excluding hydrogens is 252 g/mol. The molecule has 104 valence electrons. The zero-order chi connectivity index (χ0) is 14.6. The van der Waals surface area contributed by atoms with E-state index in [1.54, 1.807) is 0 Å². The molecule has 0 aliphatic rings. The van der Waals surface area contributed by atoms with Crippen LogP contribution in [0.2, 0.25) is 0 Å². The zero-order valence-electron chi connectivity index (χ0n) is 10.7. The zero-order valence-corrected chi connectivity index (χ0v) is 10.7. The molecule has 8 heteroatoms. The summed E-state index contributed by atoms with van der Waals surface area (Å²) in [6, 6.07) is 2.70. The molecule has 0 fully saturated rings. The summed E-state index contributed by atoms with van der Waals surface area (Å²) in [5.41, 5.74) is 4.71. The number of nitrogens with one attached hydrogen (secondary N) is 1. The van der Waals surface area contributed by atoms with Crippen LogP contribution >= 0.6 is 0 Å². The quantitative estimate of drug-likeness (QED) is 0.527. The standard InChI is InChI=1S/C11H16N4O4/c1-11(2,6-5-9(16)17)14-8-4-3-7(15(18)19)10(12)13-8/h3-4H,5-6H2,1-2H3,(H,16,17)(H3,12,13,14). The summed E-state index contributed by atoms with van der Waals surface area (Å²) in [6.45, 7) is 3.63. The van der Waals surface area contributed by atoms with Crippen LogP contribution in [-0.4, -0.2) is 26.5 Å². The smallest absolute Gasteiger partial charge is 0.311 e. The number of nitrogens with two attached hydrogens (primary N) is 1. The predicted octanol–water partition coefficient (Wildman–Crippen LogP) is 1.63. The van der Waals surface area contributed by atoms with Gasteiger partial charge in [0.15, 0.2) is 0 Å². The van der Waals surface area contributed by atoms with Gasteiger partial charge in [0.25, 0.3) is 0 Å². The second kappa shape index (κ2) is 5.51. The van der Waals surface area contributed by atoms with E-state index in [9.17, 15) is 14.9 Å².